The van der Waals surface area contributed by atoms with Crippen molar-refractivity contribution in [1.82, 2.24) is 5.32 Å². The summed E-state index contributed by atoms with van der Waals surface area (Å²) in [5.41, 5.74) is 0.406. The van der Waals surface area contributed by atoms with E-state index in [0.29, 0.717) is 13.0 Å². The first kappa shape index (κ1) is 16.9. The summed E-state index contributed by atoms with van der Waals surface area (Å²) < 4.78 is 0. The second kappa shape index (κ2) is 7.70. The maximum absolute atomic E-state index is 11.0. The van der Waals surface area contributed by atoms with Crippen molar-refractivity contribution in [2.75, 3.05) is 6.54 Å². The fourth-order valence-corrected chi connectivity index (χ4v) is 3.13. The molecule has 0 aromatic heterocycles. The Hall–Kier alpha value is -1.46. The van der Waals surface area contributed by atoms with E-state index in [0.717, 1.165) is 37.7 Å². The van der Waals surface area contributed by atoms with E-state index < -0.39 is 5.60 Å². The lowest BCUT2D eigenvalue weighted by molar-refractivity contribution is -0.385. The van der Waals surface area contributed by atoms with E-state index in [1.54, 1.807) is 12.1 Å². The van der Waals surface area contributed by atoms with E-state index in [4.69, 9.17) is 0 Å². The molecule has 0 saturated heterocycles. The number of hydrogen-bond acceptors (Lipinski definition) is 4. The van der Waals surface area contributed by atoms with Crippen LogP contribution in [-0.2, 0) is 6.42 Å². The van der Waals surface area contributed by atoms with Gasteiger partial charge in [0.25, 0.3) is 5.69 Å². The Bertz CT molecular complexity index is 498. The Labute approximate surface area is 131 Å². The molecule has 122 valence electrons. The summed E-state index contributed by atoms with van der Waals surface area (Å²) in [4.78, 5) is 10.7. The van der Waals surface area contributed by atoms with Crippen LogP contribution in [0.2, 0.25) is 0 Å². The summed E-state index contributed by atoms with van der Waals surface area (Å²) in [5, 5.41) is 24.9. The quantitative estimate of drug-likeness (QED) is 0.599. The topological polar surface area (TPSA) is 75.4 Å². The number of nitrogens with one attached hydrogen (secondary N) is 1. The van der Waals surface area contributed by atoms with Crippen LogP contribution in [0.25, 0.3) is 0 Å². The molecule has 0 spiro atoms. The largest absolute Gasteiger partial charge is 0.389 e. The van der Waals surface area contributed by atoms with Gasteiger partial charge in [-0.2, -0.15) is 0 Å². The van der Waals surface area contributed by atoms with Gasteiger partial charge >= 0.3 is 0 Å². The SMILES string of the molecule is CC(CCc1ccccc1[N+](=O)[O-])NCC1(O)CCCCC1. The van der Waals surface area contributed by atoms with E-state index in [1.165, 1.54) is 6.42 Å². The summed E-state index contributed by atoms with van der Waals surface area (Å²) >= 11 is 0. The van der Waals surface area contributed by atoms with Crippen molar-refractivity contribution in [2.24, 2.45) is 0 Å². The first-order valence-electron chi connectivity index (χ1n) is 8.18. The van der Waals surface area contributed by atoms with Crippen LogP contribution in [0.1, 0.15) is 51.0 Å². The van der Waals surface area contributed by atoms with Gasteiger partial charge in [-0.3, -0.25) is 10.1 Å². The molecule has 5 heteroatoms. The third-order valence-corrected chi connectivity index (χ3v) is 4.60. The van der Waals surface area contributed by atoms with Crippen LogP contribution in [0.15, 0.2) is 24.3 Å². The van der Waals surface area contributed by atoms with Crippen LogP contribution in [0, 0.1) is 10.1 Å². The molecule has 1 saturated carbocycles. The van der Waals surface area contributed by atoms with Crippen LogP contribution in [-0.4, -0.2) is 28.2 Å². The van der Waals surface area contributed by atoms with Crippen molar-refractivity contribution in [3.8, 4) is 0 Å². The third kappa shape index (κ3) is 4.78. The molecule has 2 rings (SSSR count). The van der Waals surface area contributed by atoms with Crippen LogP contribution in [0.4, 0.5) is 5.69 Å². The monoisotopic (exact) mass is 306 g/mol. The average molecular weight is 306 g/mol. The lowest BCUT2D eigenvalue weighted by Gasteiger charge is -2.33. The van der Waals surface area contributed by atoms with Crippen molar-refractivity contribution in [3.63, 3.8) is 0 Å². The molecule has 1 fully saturated rings. The third-order valence-electron chi connectivity index (χ3n) is 4.60. The van der Waals surface area contributed by atoms with Crippen LogP contribution in [0.3, 0.4) is 0 Å². The lowest BCUT2D eigenvalue weighted by Crippen LogP contribution is -2.45. The molecule has 2 N–H and O–H groups in total. The maximum atomic E-state index is 11.0. The highest BCUT2D eigenvalue weighted by molar-refractivity contribution is 5.39. The fraction of sp³-hybridized carbons (Fsp3) is 0.647. The lowest BCUT2D eigenvalue weighted by atomic mass is 9.84. The Morgan fingerprint density at radius 3 is 2.68 bits per heavy atom. The highest BCUT2D eigenvalue weighted by Crippen LogP contribution is 2.27. The predicted octanol–water partition coefficient (Wildman–Crippen LogP) is 3.20. The van der Waals surface area contributed by atoms with Crippen LogP contribution in [0.5, 0.6) is 0 Å². The van der Waals surface area contributed by atoms with Crippen LogP contribution < -0.4 is 5.32 Å². The predicted molar refractivity (Wildman–Crippen MR) is 86.9 cm³/mol. The molecule has 0 amide bonds. The molecular formula is C17H26N2O3. The standard InChI is InChI=1S/C17H26N2O3/c1-14(18-13-17(20)11-5-2-6-12-17)9-10-15-7-3-4-8-16(15)19(21)22/h3-4,7-8,14,18,20H,2,5-6,9-13H2,1H3. The zero-order valence-electron chi connectivity index (χ0n) is 13.3. The minimum atomic E-state index is -0.564. The van der Waals surface area contributed by atoms with E-state index >= 15 is 0 Å². The Balaban J connectivity index is 1.80. The smallest absolute Gasteiger partial charge is 0.272 e. The number of nitro groups is 1. The molecule has 1 aliphatic rings. The van der Waals surface area contributed by atoms with Gasteiger partial charge in [0.15, 0.2) is 0 Å². The van der Waals surface area contributed by atoms with Crippen molar-refractivity contribution in [1.29, 1.82) is 0 Å². The maximum Gasteiger partial charge on any atom is 0.272 e. The summed E-state index contributed by atoms with van der Waals surface area (Å²) in [6.07, 6.45) is 6.65. The molecular weight excluding hydrogens is 280 g/mol. The number of aliphatic hydroxyl groups is 1. The number of benzene rings is 1. The Morgan fingerprint density at radius 1 is 1.32 bits per heavy atom. The first-order valence-corrected chi connectivity index (χ1v) is 8.18. The first-order chi connectivity index (χ1) is 10.5. The highest BCUT2D eigenvalue weighted by Gasteiger charge is 2.29. The second-order valence-electron chi connectivity index (χ2n) is 6.49. The molecule has 1 aliphatic carbocycles. The summed E-state index contributed by atoms with van der Waals surface area (Å²) in [6.45, 7) is 2.69. The van der Waals surface area contributed by atoms with Gasteiger partial charge in [-0.25, -0.2) is 0 Å². The van der Waals surface area contributed by atoms with Gasteiger partial charge in [0, 0.05) is 24.2 Å². The van der Waals surface area contributed by atoms with Crippen molar-refractivity contribution in [3.05, 3.63) is 39.9 Å². The van der Waals surface area contributed by atoms with Gasteiger partial charge in [-0.1, -0.05) is 37.5 Å². The number of nitro benzene ring substituents is 1. The molecule has 1 atom stereocenters. The number of rotatable bonds is 7. The molecule has 22 heavy (non-hydrogen) atoms. The van der Waals surface area contributed by atoms with E-state index in [2.05, 4.69) is 12.2 Å². The second-order valence-corrected chi connectivity index (χ2v) is 6.49. The van der Waals surface area contributed by atoms with Gasteiger partial charge in [0.1, 0.15) is 0 Å². The fourth-order valence-electron chi connectivity index (χ4n) is 3.13. The van der Waals surface area contributed by atoms with Gasteiger partial charge in [-0.15, -0.1) is 0 Å². The minimum Gasteiger partial charge on any atom is -0.389 e. The zero-order valence-corrected chi connectivity index (χ0v) is 13.3. The normalized spacial score (nSPS) is 18.8. The molecule has 1 aromatic rings. The number of nitrogens with zero attached hydrogens (tertiary/aromatic N) is 1. The highest BCUT2D eigenvalue weighted by atomic mass is 16.6. The van der Waals surface area contributed by atoms with E-state index in [9.17, 15) is 15.2 Å². The molecule has 0 aliphatic heterocycles. The molecule has 1 aromatic carbocycles. The van der Waals surface area contributed by atoms with Crippen LogP contribution >= 0.6 is 0 Å². The van der Waals surface area contributed by atoms with Crippen molar-refractivity contribution < 1.29 is 10.0 Å². The number of hydrogen-bond donors (Lipinski definition) is 2. The van der Waals surface area contributed by atoms with Gasteiger partial charge in [0.05, 0.1) is 10.5 Å². The van der Waals surface area contributed by atoms with E-state index in [1.807, 2.05) is 12.1 Å². The number of aryl methyl sites for hydroxylation is 1. The molecule has 1 unspecified atom stereocenters. The summed E-state index contributed by atoms with van der Waals surface area (Å²) in [5.74, 6) is 0. The molecule has 0 bridgehead atoms. The van der Waals surface area contributed by atoms with Gasteiger partial charge in [0.2, 0.25) is 0 Å². The average Bonchev–Trinajstić information content (AvgIpc) is 2.52. The molecule has 5 nitrogen and oxygen atoms in total. The van der Waals surface area contributed by atoms with Crippen molar-refractivity contribution >= 4 is 5.69 Å². The summed E-state index contributed by atoms with van der Waals surface area (Å²) in [6, 6.07) is 7.14. The van der Waals surface area contributed by atoms with Gasteiger partial charge < -0.3 is 10.4 Å². The van der Waals surface area contributed by atoms with E-state index in [-0.39, 0.29) is 16.7 Å². The Morgan fingerprint density at radius 2 is 2.00 bits per heavy atom. The summed E-state index contributed by atoms with van der Waals surface area (Å²) in [7, 11) is 0. The molecule has 0 heterocycles. The number of para-hydroxylation sites is 1. The minimum absolute atomic E-state index is 0.195. The Kier molecular flexibility index (Phi) is 5.91. The van der Waals surface area contributed by atoms with Crippen molar-refractivity contribution in [2.45, 2.75) is 63.5 Å². The molecule has 0 radical (unpaired) electrons. The van der Waals surface area contributed by atoms with Gasteiger partial charge in [-0.05, 0) is 32.6 Å². The zero-order chi connectivity index (χ0) is 16.0.